The maximum Gasteiger partial charge on any atom is 0.308 e. The molecule has 0 spiro atoms. The number of sulfonamides is 1. The molecule has 4 rings (SSSR count). The molecule has 2 fully saturated rings. The van der Waals surface area contributed by atoms with Crippen molar-refractivity contribution in [3.8, 4) is 5.75 Å². The Morgan fingerprint density at radius 1 is 0.970 bits per heavy atom. The third-order valence-corrected chi connectivity index (χ3v) is 8.02. The van der Waals surface area contributed by atoms with Gasteiger partial charge in [-0.2, -0.15) is 4.31 Å². The largest absolute Gasteiger partial charge is 0.427 e. The number of imide groups is 1. The topological polar surface area (TPSA) is 101 Å². The number of carbonyl (C=O) groups excluding carboxylic acids is 3. The smallest absolute Gasteiger partial charge is 0.308 e. The maximum atomic E-state index is 13.7. The van der Waals surface area contributed by atoms with Gasteiger partial charge in [0.05, 0.1) is 17.0 Å². The summed E-state index contributed by atoms with van der Waals surface area (Å²) in [5, 5.41) is 0. The van der Waals surface area contributed by atoms with Crippen LogP contribution in [0.1, 0.15) is 45.4 Å². The minimum atomic E-state index is -3.99. The molecule has 2 amide bonds. The molecule has 0 radical (unpaired) electrons. The second kappa shape index (κ2) is 9.44. The molecule has 174 valence electrons. The molecule has 1 aliphatic carbocycles. The number of nitrogens with zero attached hydrogens (tertiary/aromatic N) is 2. The lowest BCUT2D eigenvalue weighted by Crippen LogP contribution is -2.51. The highest BCUT2D eigenvalue weighted by Gasteiger charge is 2.49. The second-order valence-electron chi connectivity index (χ2n) is 8.31. The lowest BCUT2D eigenvalue weighted by Gasteiger charge is -2.36. The van der Waals surface area contributed by atoms with Crippen LogP contribution in [-0.4, -0.2) is 42.6 Å². The number of esters is 1. The first-order valence-electron chi connectivity index (χ1n) is 11.0. The van der Waals surface area contributed by atoms with Gasteiger partial charge in [-0.1, -0.05) is 37.5 Å². The number of rotatable bonds is 6. The third-order valence-electron chi connectivity index (χ3n) is 6.04. The summed E-state index contributed by atoms with van der Waals surface area (Å²) in [5.74, 6) is -1.22. The standard InChI is InChI=1S/C24H26N2O6S/c1-17(27)32-20-14-12-18(13-15-20)25-23(28)16-22(24(25)29)26(19-8-4-2-5-9-19)33(30,31)21-10-6-3-7-11-21/h3,6-7,10-15,19,22H,2,4-5,8-9,16H2,1H3. The Balaban J connectivity index is 1.67. The van der Waals surface area contributed by atoms with Crippen molar-refractivity contribution < 1.29 is 27.5 Å². The molecular weight excluding hydrogens is 444 g/mol. The van der Waals surface area contributed by atoms with Crippen LogP contribution in [0.25, 0.3) is 0 Å². The van der Waals surface area contributed by atoms with Crippen molar-refractivity contribution in [1.29, 1.82) is 0 Å². The number of hydrogen-bond donors (Lipinski definition) is 0. The van der Waals surface area contributed by atoms with E-state index < -0.39 is 33.8 Å². The van der Waals surface area contributed by atoms with E-state index in [1.807, 2.05) is 0 Å². The number of hydrogen-bond acceptors (Lipinski definition) is 6. The molecule has 0 aromatic heterocycles. The zero-order chi connectivity index (χ0) is 23.6. The average Bonchev–Trinajstić information content (AvgIpc) is 3.09. The van der Waals surface area contributed by atoms with E-state index in [-0.39, 0.29) is 23.1 Å². The Morgan fingerprint density at radius 3 is 2.21 bits per heavy atom. The van der Waals surface area contributed by atoms with Crippen LogP contribution in [0.5, 0.6) is 5.75 Å². The summed E-state index contributed by atoms with van der Waals surface area (Å²) in [6.45, 7) is 1.28. The maximum absolute atomic E-state index is 13.7. The van der Waals surface area contributed by atoms with Crippen LogP contribution in [-0.2, 0) is 24.4 Å². The normalized spacial score (nSPS) is 19.8. The van der Waals surface area contributed by atoms with E-state index in [1.54, 1.807) is 18.2 Å². The second-order valence-corrected chi connectivity index (χ2v) is 10.2. The highest BCUT2D eigenvalue weighted by atomic mass is 32.2. The Morgan fingerprint density at radius 2 is 1.61 bits per heavy atom. The number of ether oxygens (including phenoxy) is 1. The summed E-state index contributed by atoms with van der Waals surface area (Å²) < 4.78 is 33.6. The Labute approximate surface area is 193 Å². The highest BCUT2D eigenvalue weighted by molar-refractivity contribution is 7.89. The summed E-state index contributed by atoms with van der Waals surface area (Å²) in [4.78, 5) is 38.6. The Kier molecular flexibility index (Phi) is 6.62. The molecule has 2 aliphatic rings. The zero-order valence-corrected chi connectivity index (χ0v) is 19.2. The molecule has 1 saturated heterocycles. The van der Waals surface area contributed by atoms with Crippen molar-refractivity contribution in [3.63, 3.8) is 0 Å². The number of anilines is 1. The van der Waals surface area contributed by atoms with Gasteiger partial charge in [-0.25, -0.2) is 13.3 Å². The summed E-state index contributed by atoms with van der Waals surface area (Å²) in [5.41, 5.74) is 0.309. The van der Waals surface area contributed by atoms with Gasteiger partial charge >= 0.3 is 5.97 Å². The van der Waals surface area contributed by atoms with Crippen molar-refractivity contribution in [3.05, 3.63) is 54.6 Å². The van der Waals surface area contributed by atoms with E-state index in [1.165, 1.54) is 47.6 Å². The van der Waals surface area contributed by atoms with E-state index in [9.17, 15) is 22.8 Å². The quantitative estimate of drug-likeness (QED) is 0.365. The van der Waals surface area contributed by atoms with Crippen LogP contribution in [0.4, 0.5) is 5.69 Å². The highest BCUT2D eigenvalue weighted by Crippen LogP contribution is 2.35. The number of benzene rings is 2. The van der Waals surface area contributed by atoms with Crippen molar-refractivity contribution >= 4 is 33.5 Å². The Hall–Kier alpha value is -3.04. The first kappa shape index (κ1) is 23.1. The van der Waals surface area contributed by atoms with Gasteiger partial charge in [-0.15, -0.1) is 0 Å². The van der Waals surface area contributed by atoms with Gasteiger partial charge in [0.15, 0.2) is 0 Å². The van der Waals surface area contributed by atoms with Crippen LogP contribution in [0, 0.1) is 0 Å². The van der Waals surface area contributed by atoms with Crippen LogP contribution < -0.4 is 9.64 Å². The first-order valence-corrected chi connectivity index (χ1v) is 12.5. The van der Waals surface area contributed by atoms with Gasteiger partial charge in [0.25, 0.3) is 5.91 Å². The number of amides is 2. The van der Waals surface area contributed by atoms with E-state index in [2.05, 4.69) is 0 Å². The SMILES string of the molecule is CC(=O)Oc1ccc(N2C(=O)CC(N(C3CCCCC3)S(=O)(=O)c3ccccc3)C2=O)cc1. The summed E-state index contributed by atoms with van der Waals surface area (Å²) >= 11 is 0. The molecule has 8 nitrogen and oxygen atoms in total. The van der Waals surface area contributed by atoms with Crippen LogP contribution >= 0.6 is 0 Å². The fourth-order valence-corrected chi connectivity index (χ4v) is 6.43. The molecular formula is C24H26N2O6S. The van der Waals surface area contributed by atoms with E-state index in [0.717, 1.165) is 24.2 Å². The van der Waals surface area contributed by atoms with Crippen molar-refractivity contribution in [2.45, 2.75) is 62.4 Å². The molecule has 1 saturated carbocycles. The van der Waals surface area contributed by atoms with E-state index in [4.69, 9.17) is 4.74 Å². The minimum Gasteiger partial charge on any atom is -0.427 e. The number of carbonyl (C=O) groups is 3. The van der Waals surface area contributed by atoms with Crippen molar-refractivity contribution in [2.24, 2.45) is 0 Å². The predicted octanol–water partition coefficient (Wildman–Crippen LogP) is 3.27. The predicted molar refractivity (Wildman–Crippen MR) is 121 cm³/mol. The van der Waals surface area contributed by atoms with E-state index >= 15 is 0 Å². The summed E-state index contributed by atoms with van der Waals surface area (Å²) in [6.07, 6.45) is 3.87. The molecule has 0 bridgehead atoms. The molecule has 1 atom stereocenters. The van der Waals surface area contributed by atoms with Crippen LogP contribution in [0.15, 0.2) is 59.5 Å². The first-order chi connectivity index (χ1) is 15.8. The molecule has 1 heterocycles. The van der Waals surface area contributed by atoms with Gasteiger partial charge in [0.1, 0.15) is 11.8 Å². The molecule has 2 aromatic rings. The average molecular weight is 471 g/mol. The van der Waals surface area contributed by atoms with Gasteiger partial charge in [-0.05, 0) is 49.2 Å². The minimum absolute atomic E-state index is 0.111. The zero-order valence-electron chi connectivity index (χ0n) is 18.3. The summed E-state index contributed by atoms with van der Waals surface area (Å²) in [7, 11) is -3.99. The van der Waals surface area contributed by atoms with Gasteiger partial charge in [0, 0.05) is 13.0 Å². The lowest BCUT2D eigenvalue weighted by atomic mass is 9.94. The Bertz CT molecular complexity index is 1140. The lowest BCUT2D eigenvalue weighted by molar-refractivity contribution is -0.132. The monoisotopic (exact) mass is 470 g/mol. The summed E-state index contributed by atoms with van der Waals surface area (Å²) in [6, 6.07) is 12.6. The molecule has 0 N–H and O–H groups in total. The van der Waals surface area contributed by atoms with Crippen LogP contribution in [0.3, 0.4) is 0 Å². The fourth-order valence-electron chi connectivity index (χ4n) is 4.58. The van der Waals surface area contributed by atoms with Gasteiger partial charge in [-0.3, -0.25) is 14.4 Å². The van der Waals surface area contributed by atoms with Gasteiger partial charge in [0.2, 0.25) is 15.9 Å². The third kappa shape index (κ3) is 4.69. The fraction of sp³-hybridized carbons (Fsp3) is 0.375. The molecule has 1 unspecified atom stereocenters. The van der Waals surface area contributed by atoms with Crippen molar-refractivity contribution in [1.82, 2.24) is 4.31 Å². The molecule has 33 heavy (non-hydrogen) atoms. The molecule has 2 aromatic carbocycles. The van der Waals surface area contributed by atoms with Gasteiger partial charge < -0.3 is 4.74 Å². The molecule has 1 aliphatic heterocycles. The van der Waals surface area contributed by atoms with E-state index in [0.29, 0.717) is 18.5 Å². The van der Waals surface area contributed by atoms with Crippen molar-refractivity contribution in [2.75, 3.05) is 4.90 Å². The van der Waals surface area contributed by atoms with Crippen LogP contribution in [0.2, 0.25) is 0 Å². The molecule has 9 heteroatoms.